The van der Waals surface area contributed by atoms with Gasteiger partial charge in [0.05, 0.1) is 23.9 Å². The Bertz CT molecular complexity index is 1240. The van der Waals surface area contributed by atoms with Crippen molar-refractivity contribution in [2.24, 2.45) is 0 Å². The summed E-state index contributed by atoms with van der Waals surface area (Å²) in [5.74, 6) is -0.0128. The summed E-state index contributed by atoms with van der Waals surface area (Å²) in [6, 6.07) is 23.0. The third-order valence-electron chi connectivity index (χ3n) is 5.63. The molecule has 0 atom stereocenters. The van der Waals surface area contributed by atoms with Crippen molar-refractivity contribution < 1.29 is 14.3 Å². The van der Waals surface area contributed by atoms with Crippen LogP contribution in [-0.2, 0) is 9.53 Å². The summed E-state index contributed by atoms with van der Waals surface area (Å²) < 4.78 is 5.22. The van der Waals surface area contributed by atoms with E-state index in [4.69, 9.17) is 4.74 Å². The van der Waals surface area contributed by atoms with Gasteiger partial charge in [-0.3, -0.25) is 9.69 Å². The SMILES string of the molecule is CCCCC(=O)/C(=C(\c1ccc(C#N)cc1)N1CCOC1=O)c1ccc2ccccc2c1. The van der Waals surface area contributed by atoms with Crippen molar-refractivity contribution in [2.45, 2.75) is 26.2 Å². The molecule has 5 heteroatoms. The Kier molecular flexibility index (Phi) is 6.32. The Hall–Kier alpha value is -3.91. The fourth-order valence-electron chi connectivity index (χ4n) is 3.97. The third kappa shape index (κ3) is 4.26. The first-order valence-corrected chi connectivity index (χ1v) is 10.8. The number of nitriles is 1. The van der Waals surface area contributed by atoms with Gasteiger partial charge in [0, 0.05) is 12.0 Å². The molecule has 0 aliphatic carbocycles. The number of hydrogen-bond donors (Lipinski definition) is 0. The second-order valence-electron chi connectivity index (χ2n) is 7.77. The van der Waals surface area contributed by atoms with Gasteiger partial charge < -0.3 is 4.74 Å². The minimum Gasteiger partial charge on any atom is -0.447 e. The van der Waals surface area contributed by atoms with E-state index in [1.54, 1.807) is 24.3 Å². The van der Waals surface area contributed by atoms with Crippen LogP contribution in [0.4, 0.5) is 4.79 Å². The van der Waals surface area contributed by atoms with Gasteiger partial charge >= 0.3 is 6.09 Å². The first kappa shape index (κ1) is 21.3. The second-order valence-corrected chi connectivity index (χ2v) is 7.77. The third-order valence-corrected chi connectivity index (χ3v) is 5.63. The number of rotatable bonds is 7. The highest BCUT2D eigenvalue weighted by Crippen LogP contribution is 2.34. The second kappa shape index (κ2) is 9.49. The van der Waals surface area contributed by atoms with E-state index in [-0.39, 0.29) is 12.4 Å². The molecule has 1 heterocycles. The van der Waals surface area contributed by atoms with Gasteiger partial charge in [0.1, 0.15) is 6.61 Å². The fourth-order valence-corrected chi connectivity index (χ4v) is 3.97. The number of fused-ring (bicyclic) bond motifs is 1. The zero-order chi connectivity index (χ0) is 22.5. The summed E-state index contributed by atoms with van der Waals surface area (Å²) in [6.07, 6.45) is 1.59. The number of cyclic esters (lactones) is 1. The molecule has 3 aromatic rings. The molecule has 1 fully saturated rings. The molecule has 1 aliphatic rings. The van der Waals surface area contributed by atoms with Gasteiger partial charge in [-0.25, -0.2) is 4.79 Å². The van der Waals surface area contributed by atoms with Crippen LogP contribution in [0.15, 0.2) is 66.7 Å². The van der Waals surface area contributed by atoms with E-state index in [0.717, 1.165) is 29.2 Å². The highest BCUT2D eigenvalue weighted by molar-refractivity contribution is 6.28. The Morgan fingerprint density at radius 3 is 2.41 bits per heavy atom. The number of carbonyl (C=O) groups is 2. The maximum atomic E-state index is 13.6. The Balaban J connectivity index is 1.98. The molecule has 160 valence electrons. The van der Waals surface area contributed by atoms with E-state index < -0.39 is 6.09 Å². The van der Waals surface area contributed by atoms with Crippen molar-refractivity contribution in [3.05, 3.63) is 83.4 Å². The summed E-state index contributed by atoms with van der Waals surface area (Å²) in [6.45, 7) is 2.69. The maximum Gasteiger partial charge on any atom is 0.414 e. The summed E-state index contributed by atoms with van der Waals surface area (Å²) >= 11 is 0. The lowest BCUT2D eigenvalue weighted by molar-refractivity contribution is -0.113. The van der Waals surface area contributed by atoms with Crippen molar-refractivity contribution in [1.82, 2.24) is 4.90 Å². The van der Waals surface area contributed by atoms with E-state index in [0.29, 0.717) is 35.4 Å². The Labute approximate surface area is 187 Å². The molecule has 0 unspecified atom stereocenters. The van der Waals surface area contributed by atoms with E-state index in [1.165, 1.54) is 4.90 Å². The smallest absolute Gasteiger partial charge is 0.414 e. The van der Waals surface area contributed by atoms with Crippen LogP contribution in [0.5, 0.6) is 0 Å². The van der Waals surface area contributed by atoms with Crippen molar-refractivity contribution in [2.75, 3.05) is 13.2 Å². The molecule has 0 N–H and O–H groups in total. The molecule has 1 aliphatic heterocycles. The van der Waals surface area contributed by atoms with Crippen LogP contribution in [0.25, 0.3) is 22.0 Å². The average Bonchev–Trinajstić information content (AvgIpc) is 3.26. The lowest BCUT2D eigenvalue weighted by Gasteiger charge is -2.23. The number of unbranched alkanes of at least 4 members (excludes halogenated alkanes) is 1. The summed E-state index contributed by atoms with van der Waals surface area (Å²) in [5.41, 5.74) is 3.03. The predicted octanol–water partition coefficient (Wildman–Crippen LogP) is 5.79. The molecule has 0 aromatic heterocycles. The van der Waals surface area contributed by atoms with Gasteiger partial charge in [-0.1, -0.05) is 61.9 Å². The number of benzene rings is 3. The number of allylic oxidation sites excluding steroid dienone is 1. The number of hydrogen-bond acceptors (Lipinski definition) is 4. The van der Waals surface area contributed by atoms with Crippen molar-refractivity contribution in [1.29, 1.82) is 5.26 Å². The monoisotopic (exact) mass is 424 g/mol. The van der Waals surface area contributed by atoms with Crippen LogP contribution in [0.1, 0.15) is 42.9 Å². The molecule has 5 nitrogen and oxygen atoms in total. The topological polar surface area (TPSA) is 70.4 Å². The first-order chi connectivity index (χ1) is 15.6. The van der Waals surface area contributed by atoms with Crippen LogP contribution in [0, 0.1) is 11.3 Å². The van der Waals surface area contributed by atoms with Gasteiger partial charge in [0.25, 0.3) is 0 Å². The molecule has 4 rings (SSSR count). The molecule has 1 amide bonds. The molecule has 0 radical (unpaired) electrons. The van der Waals surface area contributed by atoms with Gasteiger partial charge in [-0.15, -0.1) is 0 Å². The largest absolute Gasteiger partial charge is 0.447 e. The Morgan fingerprint density at radius 1 is 1.03 bits per heavy atom. The molecule has 3 aromatic carbocycles. The van der Waals surface area contributed by atoms with Crippen LogP contribution in [-0.4, -0.2) is 29.9 Å². The molecule has 0 spiro atoms. The average molecular weight is 425 g/mol. The standard InChI is InChI=1S/C27H24N2O3/c1-2-3-8-24(30)25(23-14-13-20-6-4-5-7-22(20)17-23)26(29-15-16-32-27(29)31)21-11-9-19(18-28)10-12-21/h4-7,9-14,17H,2-3,8,15-16H2,1H3/b26-25+. The van der Waals surface area contributed by atoms with Crippen LogP contribution < -0.4 is 0 Å². The predicted molar refractivity (Wildman–Crippen MR) is 125 cm³/mol. The summed E-state index contributed by atoms with van der Waals surface area (Å²) in [5, 5.41) is 11.3. The molecule has 1 saturated heterocycles. The summed E-state index contributed by atoms with van der Waals surface area (Å²) in [7, 11) is 0. The number of ether oxygens (including phenoxy) is 1. The number of carbonyl (C=O) groups excluding carboxylic acids is 2. The van der Waals surface area contributed by atoms with Crippen molar-refractivity contribution >= 4 is 33.9 Å². The van der Waals surface area contributed by atoms with Gasteiger partial charge in [-0.2, -0.15) is 5.26 Å². The normalized spacial score (nSPS) is 14.1. The van der Waals surface area contributed by atoms with Crippen LogP contribution >= 0.6 is 0 Å². The van der Waals surface area contributed by atoms with E-state index >= 15 is 0 Å². The quantitative estimate of drug-likeness (QED) is 0.355. The van der Waals surface area contributed by atoms with Crippen LogP contribution in [0.2, 0.25) is 0 Å². The van der Waals surface area contributed by atoms with E-state index in [1.807, 2.05) is 49.4 Å². The molecular formula is C27H24N2O3. The molecular weight excluding hydrogens is 400 g/mol. The molecule has 0 bridgehead atoms. The number of Topliss-reactive ketones (excluding diaryl/α,β-unsaturated/α-hetero) is 1. The number of nitrogens with zero attached hydrogens (tertiary/aromatic N) is 2. The first-order valence-electron chi connectivity index (χ1n) is 10.8. The van der Waals surface area contributed by atoms with Crippen LogP contribution in [0.3, 0.4) is 0 Å². The van der Waals surface area contributed by atoms with Gasteiger partial charge in [0.15, 0.2) is 5.78 Å². The highest BCUT2D eigenvalue weighted by atomic mass is 16.6. The summed E-state index contributed by atoms with van der Waals surface area (Å²) in [4.78, 5) is 27.7. The lowest BCUT2D eigenvalue weighted by atomic mass is 9.91. The zero-order valence-electron chi connectivity index (χ0n) is 18.0. The molecule has 0 saturated carbocycles. The molecule has 32 heavy (non-hydrogen) atoms. The van der Waals surface area contributed by atoms with Crippen molar-refractivity contribution in [3.8, 4) is 6.07 Å². The van der Waals surface area contributed by atoms with E-state index in [2.05, 4.69) is 6.07 Å². The van der Waals surface area contributed by atoms with Gasteiger partial charge in [-0.05, 0) is 46.5 Å². The van der Waals surface area contributed by atoms with Crippen molar-refractivity contribution in [3.63, 3.8) is 0 Å². The Morgan fingerprint density at radius 2 is 1.75 bits per heavy atom. The minimum absolute atomic E-state index is 0.0128. The van der Waals surface area contributed by atoms with Gasteiger partial charge in [0.2, 0.25) is 0 Å². The minimum atomic E-state index is -0.467. The van der Waals surface area contributed by atoms with E-state index in [9.17, 15) is 14.9 Å². The number of ketones is 1. The zero-order valence-corrected chi connectivity index (χ0v) is 18.0. The fraction of sp³-hybridized carbons (Fsp3) is 0.222. The maximum absolute atomic E-state index is 13.6. The highest BCUT2D eigenvalue weighted by Gasteiger charge is 2.31. The number of amides is 1. The lowest BCUT2D eigenvalue weighted by Crippen LogP contribution is -2.25.